The summed E-state index contributed by atoms with van der Waals surface area (Å²) in [5, 5.41) is 6.65. The molecule has 0 atom stereocenters. The first-order valence-electron chi connectivity index (χ1n) is 6.90. The van der Waals surface area contributed by atoms with Gasteiger partial charge in [-0.05, 0) is 30.2 Å². The van der Waals surface area contributed by atoms with E-state index in [4.69, 9.17) is 4.52 Å². The summed E-state index contributed by atoms with van der Waals surface area (Å²) < 4.78 is 17.9. The maximum absolute atomic E-state index is 12.8. The molecule has 0 bridgehead atoms. The number of hydrogen-bond acceptors (Lipinski definition) is 4. The molecular formula is C15H18FN3O2. The highest BCUT2D eigenvalue weighted by Gasteiger charge is 2.10. The highest BCUT2D eigenvalue weighted by atomic mass is 19.1. The van der Waals surface area contributed by atoms with E-state index in [1.807, 2.05) is 13.8 Å². The number of aromatic nitrogens is 2. The van der Waals surface area contributed by atoms with E-state index in [1.54, 1.807) is 12.1 Å². The standard InChI is InChI=1S/C15H18FN3O2/c1-10(2)9-17-13(20)7-8-14-18-15(19-21-14)11-3-5-12(16)6-4-11/h3-6,10H,7-9H2,1-2H3,(H,17,20). The molecule has 0 aliphatic heterocycles. The molecule has 21 heavy (non-hydrogen) atoms. The van der Waals surface area contributed by atoms with E-state index in [0.717, 1.165) is 0 Å². The molecule has 5 nitrogen and oxygen atoms in total. The van der Waals surface area contributed by atoms with Crippen LogP contribution in [0.3, 0.4) is 0 Å². The summed E-state index contributed by atoms with van der Waals surface area (Å²) in [6.07, 6.45) is 0.690. The van der Waals surface area contributed by atoms with Crippen LogP contribution >= 0.6 is 0 Å². The minimum absolute atomic E-state index is 0.0368. The van der Waals surface area contributed by atoms with Gasteiger partial charge in [0.05, 0.1) is 0 Å². The smallest absolute Gasteiger partial charge is 0.227 e. The molecule has 1 heterocycles. The Morgan fingerprint density at radius 3 is 2.71 bits per heavy atom. The fraction of sp³-hybridized carbons (Fsp3) is 0.400. The molecule has 0 saturated heterocycles. The number of hydrogen-bond donors (Lipinski definition) is 1. The molecule has 112 valence electrons. The van der Waals surface area contributed by atoms with Crippen LogP contribution < -0.4 is 5.32 Å². The predicted octanol–water partition coefficient (Wildman–Crippen LogP) is 2.58. The second-order valence-electron chi connectivity index (χ2n) is 5.22. The van der Waals surface area contributed by atoms with Gasteiger partial charge in [0.25, 0.3) is 0 Å². The van der Waals surface area contributed by atoms with Crippen molar-refractivity contribution in [2.75, 3.05) is 6.54 Å². The van der Waals surface area contributed by atoms with Crippen LogP contribution in [0.4, 0.5) is 4.39 Å². The number of nitrogens with one attached hydrogen (secondary N) is 1. The largest absolute Gasteiger partial charge is 0.356 e. The van der Waals surface area contributed by atoms with E-state index in [-0.39, 0.29) is 11.7 Å². The average Bonchev–Trinajstić information content (AvgIpc) is 2.92. The molecule has 0 saturated carbocycles. The number of carbonyl (C=O) groups is 1. The molecule has 0 aliphatic carbocycles. The van der Waals surface area contributed by atoms with Crippen molar-refractivity contribution in [3.63, 3.8) is 0 Å². The monoisotopic (exact) mass is 291 g/mol. The molecule has 0 spiro atoms. The molecular weight excluding hydrogens is 273 g/mol. The Morgan fingerprint density at radius 1 is 1.33 bits per heavy atom. The molecule has 6 heteroatoms. The van der Waals surface area contributed by atoms with Crippen LogP contribution in [0, 0.1) is 11.7 Å². The maximum Gasteiger partial charge on any atom is 0.227 e. The van der Waals surface area contributed by atoms with E-state index in [2.05, 4.69) is 15.5 Å². The van der Waals surface area contributed by atoms with Gasteiger partial charge in [-0.25, -0.2) is 4.39 Å². The van der Waals surface area contributed by atoms with Crippen molar-refractivity contribution in [1.29, 1.82) is 0 Å². The Morgan fingerprint density at radius 2 is 2.05 bits per heavy atom. The Kier molecular flexibility index (Phi) is 5.03. The van der Waals surface area contributed by atoms with Gasteiger partial charge in [0.2, 0.25) is 17.6 Å². The first-order valence-corrected chi connectivity index (χ1v) is 6.90. The van der Waals surface area contributed by atoms with Gasteiger partial charge >= 0.3 is 0 Å². The Hall–Kier alpha value is -2.24. The lowest BCUT2D eigenvalue weighted by Gasteiger charge is -2.06. The van der Waals surface area contributed by atoms with Crippen LogP contribution in [0.25, 0.3) is 11.4 Å². The molecule has 0 fully saturated rings. The summed E-state index contributed by atoms with van der Waals surface area (Å²) in [6, 6.07) is 5.84. The van der Waals surface area contributed by atoms with E-state index in [0.29, 0.717) is 42.6 Å². The second kappa shape index (κ2) is 6.97. The van der Waals surface area contributed by atoms with Gasteiger partial charge in [0, 0.05) is 24.9 Å². The first-order chi connectivity index (χ1) is 10.0. The average molecular weight is 291 g/mol. The fourth-order valence-electron chi connectivity index (χ4n) is 1.70. The number of halogens is 1. The maximum atomic E-state index is 12.8. The Balaban J connectivity index is 1.88. The molecule has 1 aromatic heterocycles. The third kappa shape index (κ3) is 4.66. The van der Waals surface area contributed by atoms with E-state index >= 15 is 0 Å². The summed E-state index contributed by atoms with van der Waals surface area (Å²) in [7, 11) is 0. The minimum atomic E-state index is -0.315. The van der Waals surface area contributed by atoms with E-state index in [9.17, 15) is 9.18 Å². The molecule has 0 unspecified atom stereocenters. The third-order valence-corrected chi connectivity index (χ3v) is 2.84. The summed E-state index contributed by atoms with van der Waals surface area (Å²) in [4.78, 5) is 15.8. The number of amides is 1. The van der Waals surface area contributed by atoms with Gasteiger partial charge in [-0.1, -0.05) is 19.0 Å². The van der Waals surface area contributed by atoms with E-state index in [1.165, 1.54) is 12.1 Å². The molecule has 1 amide bonds. The van der Waals surface area contributed by atoms with Gasteiger partial charge in [0.1, 0.15) is 5.82 Å². The van der Waals surface area contributed by atoms with Crippen LogP contribution in [0.15, 0.2) is 28.8 Å². The normalized spacial score (nSPS) is 10.9. The van der Waals surface area contributed by atoms with Crippen LogP contribution in [0.5, 0.6) is 0 Å². The van der Waals surface area contributed by atoms with Crippen LogP contribution in [0.2, 0.25) is 0 Å². The molecule has 1 aromatic carbocycles. The molecule has 1 N–H and O–H groups in total. The van der Waals surface area contributed by atoms with Crippen molar-refractivity contribution >= 4 is 5.91 Å². The summed E-state index contributed by atoms with van der Waals surface area (Å²) >= 11 is 0. The van der Waals surface area contributed by atoms with Crippen molar-refractivity contribution in [3.8, 4) is 11.4 Å². The minimum Gasteiger partial charge on any atom is -0.356 e. The molecule has 2 rings (SSSR count). The number of carbonyl (C=O) groups excluding carboxylic acids is 1. The quantitative estimate of drug-likeness (QED) is 0.888. The fourth-order valence-corrected chi connectivity index (χ4v) is 1.70. The van der Waals surface area contributed by atoms with Gasteiger partial charge in [-0.15, -0.1) is 0 Å². The predicted molar refractivity (Wildman–Crippen MR) is 75.9 cm³/mol. The lowest BCUT2D eigenvalue weighted by molar-refractivity contribution is -0.121. The number of benzene rings is 1. The zero-order valence-electron chi connectivity index (χ0n) is 12.1. The Labute approximate surface area is 122 Å². The van der Waals surface area contributed by atoms with Gasteiger partial charge in [-0.2, -0.15) is 4.98 Å². The summed E-state index contributed by atoms with van der Waals surface area (Å²) in [6.45, 7) is 4.73. The summed E-state index contributed by atoms with van der Waals surface area (Å²) in [5.41, 5.74) is 0.677. The lowest BCUT2D eigenvalue weighted by Crippen LogP contribution is -2.27. The molecule has 0 aliphatic rings. The molecule has 2 aromatic rings. The number of rotatable bonds is 6. The number of nitrogens with zero attached hydrogens (tertiary/aromatic N) is 2. The van der Waals surface area contributed by atoms with Crippen LogP contribution in [-0.2, 0) is 11.2 Å². The van der Waals surface area contributed by atoms with Crippen molar-refractivity contribution < 1.29 is 13.7 Å². The van der Waals surface area contributed by atoms with Crippen LogP contribution in [0.1, 0.15) is 26.2 Å². The van der Waals surface area contributed by atoms with E-state index < -0.39 is 0 Å². The Bertz CT molecular complexity index is 593. The van der Waals surface area contributed by atoms with Crippen molar-refractivity contribution in [2.45, 2.75) is 26.7 Å². The third-order valence-electron chi connectivity index (χ3n) is 2.84. The van der Waals surface area contributed by atoms with Gasteiger partial charge in [-0.3, -0.25) is 4.79 Å². The van der Waals surface area contributed by atoms with Crippen molar-refractivity contribution in [3.05, 3.63) is 36.0 Å². The topological polar surface area (TPSA) is 68.0 Å². The lowest BCUT2D eigenvalue weighted by atomic mass is 10.2. The molecule has 0 radical (unpaired) electrons. The van der Waals surface area contributed by atoms with Crippen molar-refractivity contribution in [2.24, 2.45) is 5.92 Å². The van der Waals surface area contributed by atoms with Gasteiger partial charge in [0.15, 0.2) is 0 Å². The summed E-state index contributed by atoms with van der Waals surface area (Å²) in [5.74, 6) is 0.860. The zero-order chi connectivity index (χ0) is 15.2. The highest BCUT2D eigenvalue weighted by molar-refractivity contribution is 5.76. The second-order valence-corrected chi connectivity index (χ2v) is 5.22. The van der Waals surface area contributed by atoms with Crippen molar-refractivity contribution in [1.82, 2.24) is 15.5 Å². The SMILES string of the molecule is CC(C)CNC(=O)CCc1nc(-c2ccc(F)cc2)no1. The van der Waals surface area contributed by atoms with Gasteiger partial charge < -0.3 is 9.84 Å². The zero-order valence-corrected chi connectivity index (χ0v) is 12.1. The number of aryl methyl sites for hydroxylation is 1. The first kappa shape index (κ1) is 15.2. The van der Waals surface area contributed by atoms with Crippen LogP contribution in [-0.4, -0.2) is 22.6 Å². The highest BCUT2D eigenvalue weighted by Crippen LogP contribution is 2.16.